The van der Waals surface area contributed by atoms with Gasteiger partial charge in [-0.15, -0.1) is 0 Å². The first-order valence-electron chi connectivity index (χ1n) is 3.49. The number of halogens is 2. The molecule has 0 atom stereocenters. The third-order valence-corrected chi connectivity index (χ3v) is 2.54. The van der Waals surface area contributed by atoms with Crippen molar-refractivity contribution in [2.75, 3.05) is 0 Å². The smallest absolute Gasteiger partial charge is 0.166 e. The van der Waals surface area contributed by atoms with E-state index in [0.29, 0.717) is 27.5 Å². The van der Waals surface area contributed by atoms with Crippen LogP contribution in [0.1, 0.15) is 10.5 Å². The highest BCUT2D eigenvalue weighted by Crippen LogP contribution is 2.27. The molecule has 2 aromatic heterocycles. The average Bonchev–Trinajstić information content (AvgIpc) is 2.60. The number of hydrogen-bond donors (Lipinski definition) is 0. The fraction of sp³-hybridized carbons (Fsp3) is 0. The molecule has 0 saturated heterocycles. The molecule has 2 heterocycles. The third kappa shape index (κ3) is 1.20. The molecule has 0 N–H and O–H groups in total. The largest absolute Gasteiger partial charge is 0.296 e. The molecule has 0 amide bonds. The number of aromatic nitrogens is 2. The van der Waals surface area contributed by atoms with Crippen LogP contribution in [-0.2, 0) is 0 Å². The number of fused-ring (bicyclic) bond motifs is 1. The zero-order valence-electron chi connectivity index (χ0n) is 6.37. The molecule has 2 aromatic rings. The predicted molar refractivity (Wildman–Crippen MR) is 50.6 cm³/mol. The summed E-state index contributed by atoms with van der Waals surface area (Å²) in [6, 6.07) is 1.51. The Morgan fingerprint density at radius 2 is 2.23 bits per heavy atom. The molecule has 13 heavy (non-hydrogen) atoms. The van der Waals surface area contributed by atoms with E-state index in [9.17, 15) is 4.79 Å². The minimum absolute atomic E-state index is 0.358. The maximum atomic E-state index is 10.6. The molecule has 0 radical (unpaired) electrons. The summed E-state index contributed by atoms with van der Waals surface area (Å²) in [5.74, 6) is 0. The van der Waals surface area contributed by atoms with Crippen LogP contribution >= 0.6 is 23.2 Å². The number of nitrogens with zero attached hydrogens (tertiary/aromatic N) is 2. The van der Waals surface area contributed by atoms with Crippen molar-refractivity contribution in [2.24, 2.45) is 0 Å². The van der Waals surface area contributed by atoms with E-state index >= 15 is 0 Å². The van der Waals surface area contributed by atoms with Gasteiger partial charge in [-0.3, -0.25) is 9.20 Å². The minimum Gasteiger partial charge on any atom is -0.296 e. The van der Waals surface area contributed by atoms with Gasteiger partial charge in [-0.05, 0) is 6.07 Å². The van der Waals surface area contributed by atoms with Crippen molar-refractivity contribution in [2.45, 2.75) is 0 Å². The maximum Gasteiger partial charge on any atom is 0.166 e. The predicted octanol–water partition coefficient (Wildman–Crippen LogP) is 2.45. The third-order valence-electron chi connectivity index (χ3n) is 1.75. The summed E-state index contributed by atoms with van der Waals surface area (Å²) >= 11 is 11.7. The fourth-order valence-electron chi connectivity index (χ4n) is 1.14. The molecule has 0 bridgehead atoms. The molecule has 2 rings (SSSR count). The lowest BCUT2D eigenvalue weighted by atomic mass is 10.3. The van der Waals surface area contributed by atoms with Crippen LogP contribution in [-0.4, -0.2) is 15.7 Å². The van der Waals surface area contributed by atoms with Gasteiger partial charge in [0.15, 0.2) is 6.29 Å². The van der Waals surface area contributed by atoms with Crippen LogP contribution in [0.5, 0.6) is 0 Å². The highest BCUT2D eigenvalue weighted by molar-refractivity contribution is 6.44. The van der Waals surface area contributed by atoms with Crippen molar-refractivity contribution in [1.82, 2.24) is 9.38 Å². The standard InChI is InChI=1S/C8H4Cl2N2O/c9-6-1-5(3-13)12-4-11-2-7(12)8(6)10/h1-4H. The van der Waals surface area contributed by atoms with Gasteiger partial charge in [-0.25, -0.2) is 4.98 Å². The van der Waals surface area contributed by atoms with Crippen molar-refractivity contribution in [1.29, 1.82) is 0 Å². The monoisotopic (exact) mass is 214 g/mol. The summed E-state index contributed by atoms with van der Waals surface area (Å²) in [5, 5.41) is 0.765. The lowest BCUT2D eigenvalue weighted by Crippen LogP contribution is -1.94. The molecule has 0 aliphatic heterocycles. The van der Waals surface area contributed by atoms with E-state index in [1.807, 2.05) is 0 Å². The second-order valence-corrected chi connectivity index (χ2v) is 3.28. The summed E-state index contributed by atoms with van der Waals surface area (Å²) in [6.45, 7) is 0. The van der Waals surface area contributed by atoms with E-state index in [-0.39, 0.29) is 0 Å². The first-order chi connectivity index (χ1) is 6.24. The second-order valence-electron chi connectivity index (χ2n) is 2.50. The number of pyridine rings is 1. The van der Waals surface area contributed by atoms with Gasteiger partial charge in [-0.1, -0.05) is 23.2 Å². The maximum absolute atomic E-state index is 10.6. The van der Waals surface area contributed by atoms with Crippen LogP contribution in [0, 0.1) is 0 Å². The van der Waals surface area contributed by atoms with Crippen LogP contribution in [0.3, 0.4) is 0 Å². The molecule has 0 aliphatic carbocycles. The lowest BCUT2D eigenvalue weighted by Gasteiger charge is -2.01. The second kappa shape index (κ2) is 3.01. The lowest BCUT2D eigenvalue weighted by molar-refractivity contribution is 0.111. The van der Waals surface area contributed by atoms with Gasteiger partial charge in [0.2, 0.25) is 0 Å². The Labute approximate surface area is 83.9 Å². The van der Waals surface area contributed by atoms with Crippen molar-refractivity contribution in [3.8, 4) is 0 Å². The van der Waals surface area contributed by atoms with E-state index in [1.165, 1.54) is 12.4 Å². The molecule has 0 fully saturated rings. The summed E-state index contributed by atoms with van der Waals surface area (Å²) in [7, 11) is 0. The molecule has 66 valence electrons. The van der Waals surface area contributed by atoms with E-state index in [2.05, 4.69) is 4.98 Å². The van der Waals surface area contributed by atoms with Crippen LogP contribution in [0.4, 0.5) is 0 Å². The SMILES string of the molecule is O=Cc1cc(Cl)c(Cl)c2cncn12. The van der Waals surface area contributed by atoms with E-state index < -0.39 is 0 Å². The van der Waals surface area contributed by atoms with Gasteiger partial charge in [0.1, 0.15) is 0 Å². The van der Waals surface area contributed by atoms with Crippen LogP contribution in [0.15, 0.2) is 18.6 Å². The highest BCUT2D eigenvalue weighted by atomic mass is 35.5. The molecule has 0 aliphatic rings. The van der Waals surface area contributed by atoms with Gasteiger partial charge < -0.3 is 0 Å². The fourth-order valence-corrected chi connectivity index (χ4v) is 1.54. The summed E-state index contributed by atoms with van der Waals surface area (Å²) < 4.78 is 1.58. The number of imidazole rings is 1. The van der Waals surface area contributed by atoms with Gasteiger partial charge in [-0.2, -0.15) is 0 Å². The van der Waals surface area contributed by atoms with Gasteiger partial charge >= 0.3 is 0 Å². The molecule has 0 saturated carbocycles. The van der Waals surface area contributed by atoms with Gasteiger partial charge in [0.05, 0.1) is 33.8 Å². The highest BCUT2D eigenvalue weighted by Gasteiger charge is 2.08. The van der Waals surface area contributed by atoms with Gasteiger partial charge in [0, 0.05) is 0 Å². The number of carbonyl (C=O) groups excluding carboxylic acids is 1. The molecule has 0 spiro atoms. The number of aldehydes is 1. The zero-order valence-corrected chi connectivity index (χ0v) is 7.88. The van der Waals surface area contributed by atoms with E-state index in [0.717, 1.165) is 0 Å². The Morgan fingerprint density at radius 3 is 2.92 bits per heavy atom. The Morgan fingerprint density at radius 1 is 1.46 bits per heavy atom. The summed E-state index contributed by atoms with van der Waals surface area (Å²) in [4.78, 5) is 14.5. The van der Waals surface area contributed by atoms with Crippen molar-refractivity contribution < 1.29 is 4.79 Å². The number of hydrogen-bond acceptors (Lipinski definition) is 2. The molecule has 0 aromatic carbocycles. The quantitative estimate of drug-likeness (QED) is 0.684. The molecular formula is C8H4Cl2N2O. The van der Waals surface area contributed by atoms with Crippen LogP contribution in [0.2, 0.25) is 10.0 Å². The van der Waals surface area contributed by atoms with Crippen molar-refractivity contribution in [3.63, 3.8) is 0 Å². The normalized spacial score (nSPS) is 10.6. The summed E-state index contributed by atoms with van der Waals surface area (Å²) in [5.41, 5.74) is 1.07. The molecular weight excluding hydrogens is 211 g/mol. The Balaban J connectivity index is 2.95. The van der Waals surface area contributed by atoms with Crippen LogP contribution < -0.4 is 0 Å². The number of rotatable bonds is 1. The summed E-state index contributed by atoms with van der Waals surface area (Å²) in [6.07, 6.45) is 3.78. The Kier molecular flexibility index (Phi) is 1.98. The minimum atomic E-state index is 0.358. The van der Waals surface area contributed by atoms with Crippen molar-refractivity contribution >= 4 is 35.0 Å². The van der Waals surface area contributed by atoms with E-state index in [1.54, 1.807) is 10.6 Å². The zero-order chi connectivity index (χ0) is 9.42. The molecule has 5 heteroatoms. The molecule has 3 nitrogen and oxygen atoms in total. The van der Waals surface area contributed by atoms with E-state index in [4.69, 9.17) is 23.2 Å². The Hall–Kier alpha value is -1.06. The van der Waals surface area contributed by atoms with Crippen molar-refractivity contribution in [3.05, 3.63) is 34.3 Å². The topological polar surface area (TPSA) is 34.4 Å². The first-order valence-corrected chi connectivity index (χ1v) is 4.25. The average molecular weight is 215 g/mol. The van der Waals surface area contributed by atoms with Crippen LogP contribution in [0.25, 0.3) is 5.52 Å². The number of carbonyl (C=O) groups is 1. The Bertz CT molecular complexity index is 478. The van der Waals surface area contributed by atoms with Gasteiger partial charge in [0.25, 0.3) is 0 Å². The first kappa shape index (κ1) is 8.53. The molecule has 0 unspecified atom stereocenters.